The summed E-state index contributed by atoms with van der Waals surface area (Å²) in [6.45, 7) is 2.87. The van der Waals surface area contributed by atoms with Crippen LogP contribution in [-0.2, 0) is 19.7 Å². The smallest absolute Gasteiger partial charge is 0.388 e. The van der Waals surface area contributed by atoms with E-state index in [2.05, 4.69) is 14.9 Å². The zero-order valence-electron chi connectivity index (χ0n) is 4.55. The van der Waals surface area contributed by atoms with Gasteiger partial charge in [-0.1, -0.05) is 6.58 Å². The van der Waals surface area contributed by atoms with Gasteiger partial charge in [0.05, 0.1) is 6.26 Å². The molecular weight excluding hydrogens is 173 g/mol. The van der Waals surface area contributed by atoms with E-state index in [9.17, 15) is 17.4 Å². The molecule has 0 radical (unpaired) electrons. The average Bonchev–Trinajstić information content (AvgIpc) is 1.59. The average molecular weight is 176 g/mol. The molecule has 0 bridgehead atoms. The van der Waals surface area contributed by atoms with E-state index in [4.69, 9.17) is 0 Å². The van der Waals surface area contributed by atoms with Crippen molar-refractivity contribution in [3.05, 3.63) is 12.8 Å². The standard InChI is InChI=1S/C3H3F3O3S/c1-2-8-10(7)9-3(4,5)6/h2H,1H2. The topological polar surface area (TPSA) is 35.5 Å². The maximum absolute atomic E-state index is 11.1. The zero-order chi connectivity index (χ0) is 8.20. The molecule has 0 aromatic heterocycles. The third-order valence-corrected chi connectivity index (χ3v) is 0.927. The van der Waals surface area contributed by atoms with E-state index in [0.717, 1.165) is 0 Å². The lowest BCUT2D eigenvalue weighted by Gasteiger charge is -2.02. The number of hydrogen-bond acceptors (Lipinski definition) is 3. The molecule has 10 heavy (non-hydrogen) atoms. The van der Waals surface area contributed by atoms with Gasteiger partial charge in [0, 0.05) is 0 Å². The Bertz CT molecular complexity index is 142. The normalized spacial score (nSPS) is 14.3. The van der Waals surface area contributed by atoms with Gasteiger partial charge < -0.3 is 4.18 Å². The fourth-order valence-corrected chi connectivity index (χ4v) is 0.457. The molecule has 0 spiro atoms. The highest BCUT2D eigenvalue weighted by atomic mass is 32.2. The number of halogens is 3. The Morgan fingerprint density at radius 2 is 2.00 bits per heavy atom. The van der Waals surface area contributed by atoms with Gasteiger partial charge in [-0.05, 0) is 0 Å². The summed E-state index contributed by atoms with van der Waals surface area (Å²) in [5.41, 5.74) is 0. The third-order valence-electron chi connectivity index (χ3n) is 0.309. The summed E-state index contributed by atoms with van der Waals surface area (Å²) >= 11 is -2.83. The van der Waals surface area contributed by atoms with E-state index in [0.29, 0.717) is 6.26 Å². The first-order chi connectivity index (χ1) is 4.45. The molecule has 60 valence electrons. The minimum absolute atomic E-state index is 0.585. The summed E-state index contributed by atoms with van der Waals surface area (Å²) in [4.78, 5) is 0. The van der Waals surface area contributed by atoms with Gasteiger partial charge in [0.15, 0.2) is 0 Å². The molecule has 0 fully saturated rings. The summed E-state index contributed by atoms with van der Waals surface area (Å²) in [5.74, 6) is 0. The molecule has 3 nitrogen and oxygen atoms in total. The Hall–Kier alpha value is -0.560. The van der Waals surface area contributed by atoms with E-state index >= 15 is 0 Å². The SMILES string of the molecule is C=COS(=O)OC(F)(F)F. The van der Waals surface area contributed by atoms with Gasteiger partial charge in [-0.3, -0.25) is 0 Å². The second-order valence-electron chi connectivity index (χ2n) is 0.996. The minimum Gasteiger partial charge on any atom is -0.388 e. The van der Waals surface area contributed by atoms with E-state index in [1.807, 2.05) is 0 Å². The summed E-state index contributed by atoms with van der Waals surface area (Å²) in [7, 11) is 0. The van der Waals surface area contributed by atoms with Crippen LogP contribution in [0.5, 0.6) is 0 Å². The highest BCUT2D eigenvalue weighted by molar-refractivity contribution is 7.75. The molecule has 0 aromatic rings. The second kappa shape index (κ2) is 3.57. The van der Waals surface area contributed by atoms with Crippen molar-refractivity contribution in [2.75, 3.05) is 0 Å². The van der Waals surface area contributed by atoms with Gasteiger partial charge in [0.2, 0.25) is 0 Å². The Morgan fingerprint density at radius 1 is 1.50 bits per heavy atom. The van der Waals surface area contributed by atoms with Gasteiger partial charge in [0.25, 0.3) is 0 Å². The maximum Gasteiger partial charge on any atom is 0.537 e. The van der Waals surface area contributed by atoms with Crippen molar-refractivity contribution in [3.63, 3.8) is 0 Å². The lowest BCUT2D eigenvalue weighted by Crippen LogP contribution is -2.15. The van der Waals surface area contributed by atoms with Crippen molar-refractivity contribution in [1.82, 2.24) is 0 Å². The van der Waals surface area contributed by atoms with Gasteiger partial charge in [-0.2, -0.15) is 8.39 Å². The summed E-state index contributed by atoms with van der Waals surface area (Å²) in [6, 6.07) is 0. The first-order valence-corrected chi connectivity index (χ1v) is 2.92. The van der Waals surface area contributed by atoms with Crippen molar-refractivity contribution in [3.8, 4) is 0 Å². The fourth-order valence-electron chi connectivity index (χ4n) is 0.152. The summed E-state index contributed by atoms with van der Waals surface area (Å²) in [6.07, 6.45) is -4.37. The molecule has 0 N–H and O–H groups in total. The van der Waals surface area contributed by atoms with Crippen LogP contribution in [0.3, 0.4) is 0 Å². The van der Waals surface area contributed by atoms with Crippen LogP contribution in [0.2, 0.25) is 0 Å². The van der Waals surface area contributed by atoms with Gasteiger partial charge in [-0.25, -0.2) is 0 Å². The van der Waals surface area contributed by atoms with Crippen molar-refractivity contribution in [1.29, 1.82) is 0 Å². The van der Waals surface area contributed by atoms with Crippen LogP contribution in [0.15, 0.2) is 12.8 Å². The van der Waals surface area contributed by atoms with Crippen LogP contribution in [0, 0.1) is 0 Å². The second-order valence-corrected chi connectivity index (χ2v) is 1.76. The first-order valence-electron chi connectivity index (χ1n) is 1.92. The monoisotopic (exact) mass is 176 g/mol. The Labute approximate surface area is 57.3 Å². The molecule has 0 rings (SSSR count). The molecule has 0 saturated carbocycles. The van der Waals surface area contributed by atoms with E-state index < -0.39 is 17.7 Å². The van der Waals surface area contributed by atoms with E-state index in [1.165, 1.54) is 0 Å². The molecular formula is C3H3F3O3S. The molecule has 0 aliphatic heterocycles. The molecule has 0 saturated heterocycles. The van der Waals surface area contributed by atoms with Crippen LogP contribution in [0.4, 0.5) is 13.2 Å². The lowest BCUT2D eigenvalue weighted by molar-refractivity contribution is -0.272. The summed E-state index contributed by atoms with van der Waals surface area (Å²) < 4.78 is 49.8. The predicted octanol–water partition coefficient (Wildman–Crippen LogP) is 1.26. The molecule has 0 amide bonds. The minimum atomic E-state index is -4.95. The fraction of sp³-hybridized carbons (Fsp3) is 0.333. The van der Waals surface area contributed by atoms with Crippen LogP contribution >= 0.6 is 0 Å². The quantitative estimate of drug-likeness (QED) is 0.607. The highest BCUT2D eigenvalue weighted by Crippen LogP contribution is 2.17. The molecule has 0 aliphatic rings. The van der Waals surface area contributed by atoms with Crippen LogP contribution < -0.4 is 0 Å². The maximum atomic E-state index is 11.1. The van der Waals surface area contributed by atoms with Gasteiger partial charge in [-0.15, -0.1) is 13.2 Å². The molecule has 1 unspecified atom stereocenters. The highest BCUT2D eigenvalue weighted by Gasteiger charge is 2.33. The van der Waals surface area contributed by atoms with Crippen LogP contribution in [-0.4, -0.2) is 10.6 Å². The van der Waals surface area contributed by atoms with Crippen LogP contribution in [0.25, 0.3) is 0 Å². The molecule has 7 heteroatoms. The van der Waals surface area contributed by atoms with Crippen molar-refractivity contribution < 1.29 is 25.7 Å². The zero-order valence-corrected chi connectivity index (χ0v) is 5.37. The Kier molecular flexibility index (Phi) is 3.37. The first kappa shape index (κ1) is 9.44. The molecule has 0 aliphatic carbocycles. The van der Waals surface area contributed by atoms with Crippen LogP contribution in [0.1, 0.15) is 0 Å². The Balaban J connectivity index is 3.68. The summed E-state index contributed by atoms with van der Waals surface area (Å²) in [5, 5.41) is 0. The number of hydrogen-bond donors (Lipinski definition) is 0. The third kappa shape index (κ3) is 5.57. The van der Waals surface area contributed by atoms with Crippen molar-refractivity contribution >= 4 is 11.4 Å². The molecule has 1 atom stereocenters. The number of rotatable bonds is 3. The Morgan fingerprint density at radius 3 is 2.30 bits per heavy atom. The van der Waals surface area contributed by atoms with E-state index in [1.54, 1.807) is 0 Å². The lowest BCUT2D eigenvalue weighted by atomic mass is 11.2. The molecule has 0 heterocycles. The number of alkyl halides is 3. The largest absolute Gasteiger partial charge is 0.537 e. The molecule has 0 aromatic carbocycles. The van der Waals surface area contributed by atoms with Gasteiger partial charge in [0.1, 0.15) is 0 Å². The van der Waals surface area contributed by atoms with Gasteiger partial charge >= 0.3 is 17.7 Å². The van der Waals surface area contributed by atoms with E-state index in [-0.39, 0.29) is 0 Å². The van der Waals surface area contributed by atoms with Crippen molar-refractivity contribution in [2.45, 2.75) is 6.36 Å². The predicted molar refractivity (Wildman–Crippen MR) is 26.6 cm³/mol. The van der Waals surface area contributed by atoms with Crippen molar-refractivity contribution in [2.24, 2.45) is 0 Å².